The number of benzene rings is 2. The first kappa shape index (κ1) is 14.2. The number of hydrogen-bond donors (Lipinski definition) is 1. The molecule has 1 nitrogen and oxygen atoms in total. The highest BCUT2D eigenvalue weighted by molar-refractivity contribution is 9.10. The fourth-order valence-corrected chi connectivity index (χ4v) is 2.67. The van der Waals surface area contributed by atoms with Gasteiger partial charge in [0.1, 0.15) is 11.9 Å². The monoisotopic (exact) mass is 322 g/mol. The van der Waals surface area contributed by atoms with E-state index in [1.807, 2.05) is 32.9 Å². The summed E-state index contributed by atoms with van der Waals surface area (Å²) in [5.41, 5.74) is 4.43. The van der Waals surface area contributed by atoms with Crippen LogP contribution in [0.5, 0.6) is 0 Å². The van der Waals surface area contributed by atoms with Gasteiger partial charge in [-0.05, 0) is 66.8 Å². The first-order valence-electron chi connectivity index (χ1n) is 6.11. The topological polar surface area (TPSA) is 20.2 Å². The first-order chi connectivity index (χ1) is 8.90. The van der Waals surface area contributed by atoms with Crippen LogP contribution in [0.2, 0.25) is 0 Å². The number of halogens is 2. The summed E-state index contributed by atoms with van der Waals surface area (Å²) >= 11 is 3.48. The third-order valence-electron chi connectivity index (χ3n) is 3.37. The van der Waals surface area contributed by atoms with Gasteiger partial charge in [-0.2, -0.15) is 0 Å². The highest BCUT2D eigenvalue weighted by Gasteiger charge is 2.16. The van der Waals surface area contributed by atoms with Crippen molar-refractivity contribution in [3.63, 3.8) is 0 Å². The van der Waals surface area contributed by atoms with Gasteiger partial charge in [-0.1, -0.05) is 28.1 Å². The maximum Gasteiger partial charge on any atom is 0.123 e. The van der Waals surface area contributed by atoms with Gasteiger partial charge in [0.2, 0.25) is 0 Å². The van der Waals surface area contributed by atoms with Crippen molar-refractivity contribution in [2.24, 2.45) is 0 Å². The third kappa shape index (κ3) is 2.88. The molecule has 2 aromatic carbocycles. The molecule has 1 atom stereocenters. The van der Waals surface area contributed by atoms with Gasteiger partial charge in [0.05, 0.1) is 0 Å². The zero-order chi connectivity index (χ0) is 14.2. The van der Waals surface area contributed by atoms with E-state index in [0.29, 0.717) is 0 Å². The number of aryl methyl sites for hydroxylation is 3. The number of rotatable bonds is 2. The standard InChI is InChI=1S/C16H16BrFO/c1-9-6-12(18)4-5-13(9)16(19)14-7-11(3)15(17)8-10(14)2/h4-8,16,19H,1-3H3. The minimum Gasteiger partial charge on any atom is -0.384 e. The van der Waals surface area contributed by atoms with Crippen molar-refractivity contribution in [2.75, 3.05) is 0 Å². The van der Waals surface area contributed by atoms with E-state index < -0.39 is 6.10 Å². The first-order valence-corrected chi connectivity index (χ1v) is 6.90. The zero-order valence-electron chi connectivity index (χ0n) is 11.2. The molecule has 0 heterocycles. The molecule has 2 rings (SSSR count). The van der Waals surface area contributed by atoms with Crippen LogP contribution in [0, 0.1) is 26.6 Å². The molecule has 1 N–H and O–H groups in total. The van der Waals surface area contributed by atoms with Crippen molar-refractivity contribution in [2.45, 2.75) is 26.9 Å². The predicted octanol–water partition coefficient (Wildman–Crippen LogP) is 4.60. The minimum atomic E-state index is -0.729. The molecule has 0 amide bonds. The lowest BCUT2D eigenvalue weighted by Gasteiger charge is -2.18. The Morgan fingerprint density at radius 3 is 2.21 bits per heavy atom. The van der Waals surface area contributed by atoms with Crippen molar-refractivity contribution in [3.8, 4) is 0 Å². The fraction of sp³-hybridized carbons (Fsp3) is 0.250. The second-order valence-electron chi connectivity index (χ2n) is 4.86. The van der Waals surface area contributed by atoms with Crippen LogP contribution < -0.4 is 0 Å². The average Bonchev–Trinajstić information content (AvgIpc) is 2.33. The largest absolute Gasteiger partial charge is 0.384 e. The predicted molar refractivity (Wildman–Crippen MR) is 78.8 cm³/mol. The van der Waals surface area contributed by atoms with E-state index in [1.54, 1.807) is 6.07 Å². The quantitative estimate of drug-likeness (QED) is 0.857. The molecule has 0 saturated heterocycles. The van der Waals surface area contributed by atoms with Gasteiger partial charge in [-0.25, -0.2) is 4.39 Å². The summed E-state index contributed by atoms with van der Waals surface area (Å²) in [6.45, 7) is 5.75. The molecule has 0 spiro atoms. The number of aliphatic hydroxyl groups excluding tert-OH is 1. The third-order valence-corrected chi connectivity index (χ3v) is 4.22. The Morgan fingerprint density at radius 1 is 0.947 bits per heavy atom. The maximum absolute atomic E-state index is 13.1. The number of hydrogen-bond acceptors (Lipinski definition) is 1. The summed E-state index contributed by atoms with van der Waals surface area (Å²) in [4.78, 5) is 0. The number of aliphatic hydroxyl groups is 1. The second-order valence-corrected chi connectivity index (χ2v) is 5.72. The van der Waals surface area contributed by atoms with Gasteiger partial charge in [-0.15, -0.1) is 0 Å². The molecule has 0 aliphatic heterocycles. The van der Waals surface area contributed by atoms with Crippen LogP contribution in [0.15, 0.2) is 34.8 Å². The Morgan fingerprint density at radius 2 is 1.58 bits per heavy atom. The molecule has 2 aromatic rings. The Labute approximate surface area is 121 Å². The summed E-state index contributed by atoms with van der Waals surface area (Å²) < 4.78 is 14.1. The van der Waals surface area contributed by atoms with Gasteiger partial charge in [0.15, 0.2) is 0 Å². The lowest BCUT2D eigenvalue weighted by molar-refractivity contribution is 0.218. The van der Waals surface area contributed by atoms with Gasteiger partial charge >= 0.3 is 0 Å². The van der Waals surface area contributed by atoms with Crippen LogP contribution in [0.1, 0.15) is 33.9 Å². The molecule has 19 heavy (non-hydrogen) atoms. The highest BCUT2D eigenvalue weighted by atomic mass is 79.9. The molecular weight excluding hydrogens is 307 g/mol. The van der Waals surface area contributed by atoms with E-state index in [0.717, 1.165) is 32.3 Å². The molecule has 1 unspecified atom stereocenters. The lowest BCUT2D eigenvalue weighted by Crippen LogP contribution is -2.05. The molecule has 3 heteroatoms. The summed E-state index contributed by atoms with van der Waals surface area (Å²) in [5.74, 6) is -0.280. The van der Waals surface area contributed by atoms with Crippen molar-refractivity contribution < 1.29 is 9.50 Å². The van der Waals surface area contributed by atoms with E-state index in [4.69, 9.17) is 0 Å². The van der Waals surface area contributed by atoms with Crippen LogP contribution in [0.3, 0.4) is 0 Å². The average molecular weight is 323 g/mol. The van der Waals surface area contributed by atoms with E-state index in [1.165, 1.54) is 12.1 Å². The van der Waals surface area contributed by atoms with E-state index in [9.17, 15) is 9.50 Å². The molecule has 0 aliphatic rings. The molecule has 0 aromatic heterocycles. The molecule has 0 radical (unpaired) electrons. The van der Waals surface area contributed by atoms with Crippen molar-refractivity contribution >= 4 is 15.9 Å². The van der Waals surface area contributed by atoms with Gasteiger partial charge in [-0.3, -0.25) is 0 Å². The molecule has 100 valence electrons. The Kier molecular flexibility index (Phi) is 4.07. The fourth-order valence-electron chi connectivity index (χ4n) is 2.21. The summed E-state index contributed by atoms with van der Waals surface area (Å²) in [7, 11) is 0. The molecular formula is C16H16BrFO. The highest BCUT2D eigenvalue weighted by Crippen LogP contribution is 2.30. The summed E-state index contributed by atoms with van der Waals surface area (Å²) in [6, 6.07) is 8.43. The molecule has 0 fully saturated rings. The lowest BCUT2D eigenvalue weighted by atomic mass is 9.93. The molecule has 0 aliphatic carbocycles. The molecule has 0 bridgehead atoms. The van der Waals surface area contributed by atoms with Crippen molar-refractivity contribution in [1.29, 1.82) is 0 Å². The Bertz CT molecular complexity index is 622. The normalized spacial score (nSPS) is 12.5. The zero-order valence-corrected chi connectivity index (χ0v) is 12.8. The van der Waals surface area contributed by atoms with Crippen molar-refractivity contribution in [1.82, 2.24) is 0 Å². The van der Waals surface area contributed by atoms with E-state index >= 15 is 0 Å². The van der Waals surface area contributed by atoms with Gasteiger partial charge < -0.3 is 5.11 Å². The van der Waals surface area contributed by atoms with Crippen LogP contribution in [-0.2, 0) is 0 Å². The smallest absolute Gasteiger partial charge is 0.123 e. The Balaban J connectivity index is 2.49. The van der Waals surface area contributed by atoms with E-state index in [2.05, 4.69) is 15.9 Å². The van der Waals surface area contributed by atoms with Crippen molar-refractivity contribution in [3.05, 3.63) is 68.4 Å². The Hall–Kier alpha value is -1.19. The SMILES string of the molecule is Cc1cc(C(O)c2ccc(F)cc2C)c(C)cc1Br. The van der Waals surface area contributed by atoms with Crippen LogP contribution >= 0.6 is 15.9 Å². The maximum atomic E-state index is 13.1. The summed E-state index contributed by atoms with van der Waals surface area (Å²) in [5, 5.41) is 10.5. The van der Waals surface area contributed by atoms with Crippen LogP contribution in [0.4, 0.5) is 4.39 Å². The van der Waals surface area contributed by atoms with Crippen LogP contribution in [0.25, 0.3) is 0 Å². The minimum absolute atomic E-state index is 0.280. The second kappa shape index (κ2) is 5.43. The summed E-state index contributed by atoms with van der Waals surface area (Å²) in [6.07, 6.45) is -0.729. The van der Waals surface area contributed by atoms with Crippen LogP contribution in [-0.4, -0.2) is 5.11 Å². The van der Waals surface area contributed by atoms with Gasteiger partial charge in [0, 0.05) is 4.47 Å². The van der Waals surface area contributed by atoms with E-state index in [-0.39, 0.29) is 5.82 Å². The van der Waals surface area contributed by atoms with Gasteiger partial charge in [0.25, 0.3) is 0 Å². The molecule has 0 saturated carbocycles.